The molecule has 0 unspecified atom stereocenters. The van der Waals surface area contributed by atoms with E-state index in [2.05, 4.69) is 21.9 Å². The van der Waals surface area contributed by atoms with Crippen molar-refractivity contribution in [2.45, 2.75) is 11.3 Å². The minimum Gasteiger partial charge on any atom is -0.490 e. The van der Waals surface area contributed by atoms with Gasteiger partial charge in [-0.15, -0.1) is 0 Å². The molecule has 33 heavy (non-hydrogen) atoms. The van der Waals surface area contributed by atoms with Crippen LogP contribution in [0.1, 0.15) is 22.3 Å². The van der Waals surface area contributed by atoms with Gasteiger partial charge in [0.1, 0.15) is 0 Å². The topological polar surface area (TPSA) is 93.7 Å². The summed E-state index contributed by atoms with van der Waals surface area (Å²) >= 11 is 0. The molecular formula is C25H22N2O5S. The molecule has 2 N–H and O–H groups in total. The Hall–Kier alpha value is -3.96. The number of carbonyl (C=O) groups is 1. The second-order valence-electron chi connectivity index (χ2n) is 7.19. The maximum atomic E-state index is 12.8. The number of benzene rings is 3. The number of fused-ring (bicyclic) bond motifs is 1. The first-order valence-corrected chi connectivity index (χ1v) is 11.8. The van der Waals surface area contributed by atoms with Crippen LogP contribution in [-0.4, -0.2) is 34.1 Å². The van der Waals surface area contributed by atoms with E-state index in [0.717, 1.165) is 12.0 Å². The van der Waals surface area contributed by atoms with Crippen LogP contribution in [-0.2, 0) is 10.0 Å². The summed E-state index contributed by atoms with van der Waals surface area (Å²) in [6.07, 6.45) is 0.731. The Morgan fingerprint density at radius 1 is 0.909 bits per heavy atom. The normalized spacial score (nSPS) is 12.6. The number of nitrogens with one attached hydrogen (secondary N) is 2. The SMILES string of the molecule is O=C(NCC#Cc1ccccc1)c1ccc(NS(=O)(=O)c2ccc3c(c2)OCCCO3)cc1. The average molecular weight is 463 g/mol. The van der Waals surface area contributed by atoms with Crippen LogP contribution in [0.15, 0.2) is 77.7 Å². The van der Waals surface area contributed by atoms with Gasteiger partial charge >= 0.3 is 0 Å². The highest BCUT2D eigenvalue weighted by molar-refractivity contribution is 7.92. The zero-order valence-corrected chi connectivity index (χ0v) is 18.5. The highest BCUT2D eigenvalue weighted by atomic mass is 32.2. The summed E-state index contributed by atoms with van der Waals surface area (Å²) < 4.78 is 39.2. The van der Waals surface area contributed by atoms with Crippen molar-refractivity contribution in [3.63, 3.8) is 0 Å². The predicted octanol–water partition coefficient (Wildman–Crippen LogP) is 3.43. The molecular weight excluding hydrogens is 440 g/mol. The number of ether oxygens (including phenoxy) is 2. The van der Waals surface area contributed by atoms with E-state index in [1.807, 2.05) is 30.3 Å². The van der Waals surface area contributed by atoms with Gasteiger partial charge in [0.05, 0.1) is 24.7 Å². The van der Waals surface area contributed by atoms with Gasteiger partial charge in [-0.25, -0.2) is 8.42 Å². The predicted molar refractivity (Wildman–Crippen MR) is 125 cm³/mol. The van der Waals surface area contributed by atoms with Gasteiger partial charge in [-0.2, -0.15) is 0 Å². The standard InChI is InChI=1S/C25H22N2O5S/c28-25(26-15-4-8-19-6-2-1-3-7-19)20-9-11-21(12-10-20)27-33(29,30)22-13-14-23-24(18-22)32-17-5-16-31-23/h1-3,6-7,9-14,18,27H,5,15-17H2,(H,26,28). The third kappa shape index (κ3) is 5.84. The Bertz CT molecular complexity index is 1290. The van der Waals surface area contributed by atoms with Crippen molar-refractivity contribution in [1.29, 1.82) is 0 Å². The molecule has 0 saturated heterocycles. The number of rotatable bonds is 5. The van der Waals surface area contributed by atoms with Gasteiger partial charge in [-0.3, -0.25) is 9.52 Å². The first-order chi connectivity index (χ1) is 16.0. The largest absolute Gasteiger partial charge is 0.490 e. The average Bonchev–Trinajstić information content (AvgIpc) is 3.07. The van der Waals surface area contributed by atoms with Crippen LogP contribution in [0.4, 0.5) is 5.69 Å². The quantitative estimate of drug-likeness (QED) is 0.567. The molecule has 0 aromatic heterocycles. The summed E-state index contributed by atoms with van der Waals surface area (Å²) in [5.74, 6) is 6.49. The lowest BCUT2D eigenvalue weighted by molar-refractivity contribution is 0.0958. The van der Waals surface area contributed by atoms with Crippen molar-refractivity contribution in [3.8, 4) is 23.3 Å². The van der Waals surface area contributed by atoms with Crippen LogP contribution in [0.5, 0.6) is 11.5 Å². The van der Waals surface area contributed by atoms with E-state index in [0.29, 0.717) is 36.0 Å². The molecule has 1 aliphatic rings. The number of hydrogen-bond acceptors (Lipinski definition) is 5. The van der Waals surface area contributed by atoms with Crippen molar-refractivity contribution < 1.29 is 22.7 Å². The van der Waals surface area contributed by atoms with Crippen molar-refractivity contribution in [1.82, 2.24) is 5.32 Å². The number of sulfonamides is 1. The molecule has 3 aromatic rings. The fraction of sp³-hybridized carbons (Fsp3) is 0.160. The molecule has 0 saturated carbocycles. The highest BCUT2D eigenvalue weighted by Gasteiger charge is 2.19. The summed E-state index contributed by atoms with van der Waals surface area (Å²) in [5.41, 5.74) is 1.61. The number of hydrogen-bond donors (Lipinski definition) is 2. The first kappa shape index (κ1) is 22.2. The minimum atomic E-state index is -3.84. The van der Waals surface area contributed by atoms with Gasteiger partial charge in [0.15, 0.2) is 11.5 Å². The molecule has 1 heterocycles. The Balaban J connectivity index is 1.37. The molecule has 0 aliphatic carbocycles. The van der Waals surface area contributed by atoms with Crippen molar-refractivity contribution >= 4 is 21.6 Å². The van der Waals surface area contributed by atoms with Crippen LogP contribution in [0.2, 0.25) is 0 Å². The lowest BCUT2D eigenvalue weighted by atomic mass is 10.2. The third-order valence-electron chi connectivity index (χ3n) is 4.77. The van der Waals surface area contributed by atoms with E-state index in [9.17, 15) is 13.2 Å². The molecule has 168 valence electrons. The summed E-state index contributed by atoms with van der Waals surface area (Å²) in [6, 6.07) is 20.1. The zero-order valence-electron chi connectivity index (χ0n) is 17.7. The van der Waals surface area contributed by atoms with Crippen LogP contribution in [0.25, 0.3) is 0 Å². The molecule has 1 amide bonds. The van der Waals surface area contributed by atoms with Crippen LogP contribution in [0.3, 0.4) is 0 Å². The van der Waals surface area contributed by atoms with Crippen molar-refractivity contribution in [2.75, 3.05) is 24.5 Å². The molecule has 0 atom stereocenters. The van der Waals surface area contributed by atoms with Crippen molar-refractivity contribution in [3.05, 3.63) is 83.9 Å². The smallest absolute Gasteiger partial charge is 0.262 e. The van der Waals surface area contributed by atoms with Gasteiger partial charge in [0, 0.05) is 29.3 Å². The van der Waals surface area contributed by atoms with Gasteiger partial charge in [-0.1, -0.05) is 30.0 Å². The summed E-state index contributed by atoms with van der Waals surface area (Å²) in [6.45, 7) is 1.19. The minimum absolute atomic E-state index is 0.0607. The summed E-state index contributed by atoms with van der Waals surface area (Å²) in [5, 5.41) is 2.72. The van der Waals surface area contributed by atoms with Gasteiger partial charge < -0.3 is 14.8 Å². The van der Waals surface area contributed by atoms with E-state index in [1.54, 1.807) is 18.2 Å². The second-order valence-corrected chi connectivity index (χ2v) is 8.87. The molecule has 0 bridgehead atoms. The maximum absolute atomic E-state index is 12.8. The maximum Gasteiger partial charge on any atom is 0.262 e. The van der Waals surface area contributed by atoms with E-state index < -0.39 is 10.0 Å². The van der Waals surface area contributed by atoms with E-state index in [-0.39, 0.29) is 17.3 Å². The molecule has 0 fully saturated rings. The van der Waals surface area contributed by atoms with E-state index in [1.165, 1.54) is 24.3 Å². The lowest BCUT2D eigenvalue weighted by Crippen LogP contribution is -2.23. The van der Waals surface area contributed by atoms with Gasteiger partial charge in [-0.05, 0) is 48.5 Å². The molecule has 3 aromatic carbocycles. The first-order valence-electron chi connectivity index (χ1n) is 10.4. The van der Waals surface area contributed by atoms with Crippen LogP contribution in [0, 0.1) is 11.8 Å². The Kier molecular flexibility index (Phi) is 6.81. The lowest BCUT2D eigenvalue weighted by Gasteiger charge is -2.12. The van der Waals surface area contributed by atoms with Gasteiger partial charge in [0.25, 0.3) is 15.9 Å². The molecule has 8 heteroatoms. The fourth-order valence-corrected chi connectivity index (χ4v) is 4.18. The second kappa shape index (κ2) is 10.1. The van der Waals surface area contributed by atoms with Crippen molar-refractivity contribution in [2.24, 2.45) is 0 Å². The monoisotopic (exact) mass is 462 g/mol. The Morgan fingerprint density at radius 2 is 1.64 bits per heavy atom. The third-order valence-corrected chi connectivity index (χ3v) is 6.15. The highest BCUT2D eigenvalue weighted by Crippen LogP contribution is 2.32. The van der Waals surface area contributed by atoms with Crippen LogP contribution >= 0.6 is 0 Å². The number of anilines is 1. The molecule has 7 nitrogen and oxygen atoms in total. The van der Waals surface area contributed by atoms with Crippen LogP contribution < -0.4 is 19.5 Å². The molecule has 1 aliphatic heterocycles. The Morgan fingerprint density at radius 3 is 2.39 bits per heavy atom. The Labute approximate surface area is 192 Å². The molecule has 0 spiro atoms. The van der Waals surface area contributed by atoms with E-state index >= 15 is 0 Å². The summed E-state index contributed by atoms with van der Waals surface area (Å²) in [7, 11) is -3.84. The van der Waals surface area contributed by atoms with Gasteiger partial charge in [0.2, 0.25) is 0 Å². The number of carbonyl (C=O) groups excluding carboxylic acids is 1. The molecule has 0 radical (unpaired) electrons. The molecule has 4 rings (SSSR count). The van der Waals surface area contributed by atoms with E-state index in [4.69, 9.17) is 9.47 Å². The zero-order chi connectivity index (χ0) is 23.1. The summed E-state index contributed by atoms with van der Waals surface area (Å²) in [4.78, 5) is 12.4. The number of amides is 1. The fourth-order valence-electron chi connectivity index (χ4n) is 3.11.